The Morgan fingerprint density at radius 3 is 2.72 bits per heavy atom. The number of piperazine rings is 1. The van der Waals surface area contributed by atoms with Crippen LogP contribution in [0.2, 0.25) is 0 Å². The van der Waals surface area contributed by atoms with Gasteiger partial charge in [-0.2, -0.15) is 5.26 Å². The van der Waals surface area contributed by atoms with Crippen molar-refractivity contribution in [1.29, 1.82) is 5.26 Å². The van der Waals surface area contributed by atoms with E-state index < -0.39 is 0 Å². The molecule has 7 heteroatoms. The normalized spacial score (nSPS) is 15.3. The van der Waals surface area contributed by atoms with Gasteiger partial charge in [0.05, 0.1) is 7.11 Å². The molecule has 1 heterocycles. The van der Waals surface area contributed by atoms with Crippen LogP contribution in [0.15, 0.2) is 36.0 Å². The topological polar surface area (TPSA) is 89.4 Å². The maximum atomic E-state index is 12.1. The summed E-state index contributed by atoms with van der Waals surface area (Å²) in [4.78, 5) is 14.3. The molecule has 134 valence electrons. The van der Waals surface area contributed by atoms with Crippen LogP contribution >= 0.6 is 0 Å². The Morgan fingerprint density at radius 2 is 2.08 bits per heavy atom. The third kappa shape index (κ3) is 6.45. The molecule has 1 aliphatic heterocycles. The van der Waals surface area contributed by atoms with Crippen molar-refractivity contribution in [1.82, 2.24) is 20.9 Å². The number of amides is 1. The van der Waals surface area contributed by atoms with Crippen LogP contribution < -0.4 is 20.7 Å². The number of nitriles is 1. The first-order valence-corrected chi connectivity index (χ1v) is 8.41. The van der Waals surface area contributed by atoms with Crippen molar-refractivity contribution in [3.05, 3.63) is 41.6 Å². The van der Waals surface area contributed by atoms with Crippen molar-refractivity contribution in [2.24, 2.45) is 0 Å². The summed E-state index contributed by atoms with van der Waals surface area (Å²) in [7, 11) is 1.62. The van der Waals surface area contributed by atoms with E-state index in [4.69, 9.17) is 10.00 Å². The maximum absolute atomic E-state index is 12.1. The zero-order chi connectivity index (χ0) is 17.9. The molecule has 1 amide bonds. The lowest BCUT2D eigenvalue weighted by molar-refractivity contribution is -0.117. The van der Waals surface area contributed by atoms with Gasteiger partial charge in [0.25, 0.3) is 5.91 Å². The highest BCUT2D eigenvalue weighted by atomic mass is 16.5. The van der Waals surface area contributed by atoms with E-state index in [1.165, 1.54) is 6.20 Å². The van der Waals surface area contributed by atoms with E-state index in [2.05, 4.69) is 20.9 Å². The lowest BCUT2D eigenvalue weighted by atomic mass is 10.2. The number of carbonyl (C=O) groups excluding carboxylic acids is 1. The van der Waals surface area contributed by atoms with E-state index in [0.717, 1.165) is 44.0 Å². The molecule has 0 aromatic heterocycles. The Bertz CT molecular complexity index is 615. The van der Waals surface area contributed by atoms with Crippen LogP contribution in [0.1, 0.15) is 5.56 Å². The van der Waals surface area contributed by atoms with Crippen molar-refractivity contribution >= 4 is 5.91 Å². The molecule has 7 nitrogen and oxygen atoms in total. The lowest BCUT2D eigenvalue weighted by Gasteiger charge is -2.27. The molecule has 0 saturated carbocycles. The van der Waals surface area contributed by atoms with Crippen LogP contribution in [0.3, 0.4) is 0 Å². The van der Waals surface area contributed by atoms with Gasteiger partial charge in [0.2, 0.25) is 0 Å². The number of nitrogens with zero attached hydrogens (tertiary/aromatic N) is 2. The minimum Gasteiger partial charge on any atom is -0.497 e. The largest absolute Gasteiger partial charge is 0.497 e. The minimum atomic E-state index is -0.347. The van der Waals surface area contributed by atoms with Gasteiger partial charge in [-0.3, -0.25) is 9.69 Å². The molecular weight excluding hydrogens is 318 g/mol. The quantitative estimate of drug-likeness (QED) is 0.462. The highest BCUT2D eigenvalue weighted by molar-refractivity contribution is 5.97. The molecule has 0 aliphatic carbocycles. The van der Waals surface area contributed by atoms with E-state index >= 15 is 0 Å². The third-order valence-corrected chi connectivity index (χ3v) is 4.00. The fourth-order valence-corrected chi connectivity index (χ4v) is 2.52. The number of rotatable bonds is 8. The summed E-state index contributed by atoms with van der Waals surface area (Å²) in [6.45, 7) is 5.80. The molecule has 0 bridgehead atoms. The summed E-state index contributed by atoms with van der Waals surface area (Å²) < 4.78 is 5.11. The van der Waals surface area contributed by atoms with Crippen LogP contribution in [0.4, 0.5) is 0 Å². The first kappa shape index (κ1) is 18.8. The predicted molar refractivity (Wildman–Crippen MR) is 95.8 cm³/mol. The molecule has 0 unspecified atom stereocenters. The standard InChI is InChI=1S/C18H25N5O2/c1-25-17-4-2-15(3-5-17)13-21-14-16(12-19)18(24)22-8-11-23-9-6-20-7-10-23/h2-5,14,20-21H,6-11,13H2,1H3,(H,22,24)/b16-14-. The van der Waals surface area contributed by atoms with Gasteiger partial charge >= 0.3 is 0 Å². The number of hydrogen-bond donors (Lipinski definition) is 3. The highest BCUT2D eigenvalue weighted by Gasteiger charge is 2.11. The van der Waals surface area contributed by atoms with Crippen molar-refractivity contribution in [2.75, 3.05) is 46.4 Å². The molecule has 1 saturated heterocycles. The summed E-state index contributed by atoms with van der Waals surface area (Å²) in [5, 5.41) is 18.2. The van der Waals surface area contributed by atoms with E-state index in [1.807, 2.05) is 30.3 Å². The number of carbonyl (C=O) groups is 1. The van der Waals surface area contributed by atoms with Gasteiger partial charge in [-0.05, 0) is 17.7 Å². The molecule has 0 atom stereocenters. The SMILES string of the molecule is COc1ccc(CN/C=C(/C#N)C(=O)NCCN2CCNCC2)cc1. The Hall–Kier alpha value is -2.56. The molecule has 0 radical (unpaired) electrons. The Kier molecular flexibility index (Phi) is 7.76. The number of hydrogen-bond acceptors (Lipinski definition) is 6. The highest BCUT2D eigenvalue weighted by Crippen LogP contribution is 2.10. The molecule has 0 spiro atoms. The second-order valence-corrected chi connectivity index (χ2v) is 5.75. The summed E-state index contributed by atoms with van der Waals surface area (Å²) in [5.74, 6) is 0.445. The second kappa shape index (κ2) is 10.3. The molecule has 3 N–H and O–H groups in total. The molecule has 1 aromatic carbocycles. The van der Waals surface area contributed by atoms with Gasteiger partial charge in [-0.15, -0.1) is 0 Å². The van der Waals surface area contributed by atoms with Gasteiger partial charge < -0.3 is 20.7 Å². The van der Waals surface area contributed by atoms with Crippen LogP contribution in [0.25, 0.3) is 0 Å². The average Bonchev–Trinajstić information content (AvgIpc) is 2.66. The van der Waals surface area contributed by atoms with Crippen LogP contribution in [0.5, 0.6) is 5.75 Å². The lowest BCUT2D eigenvalue weighted by Crippen LogP contribution is -2.46. The first-order chi connectivity index (χ1) is 12.2. The van der Waals surface area contributed by atoms with Crippen molar-refractivity contribution in [3.63, 3.8) is 0 Å². The Labute approximate surface area is 148 Å². The minimum absolute atomic E-state index is 0.0776. The van der Waals surface area contributed by atoms with E-state index in [1.54, 1.807) is 7.11 Å². The molecule has 1 fully saturated rings. The Morgan fingerprint density at radius 1 is 1.36 bits per heavy atom. The van der Waals surface area contributed by atoms with Gasteiger partial charge in [0.1, 0.15) is 17.4 Å². The fraction of sp³-hybridized carbons (Fsp3) is 0.444. The number of nitrogens with one attached hydrogen (secondary N) is 3. The fourth-order valence-electron chi connectivity index (χ4n) is 2.52. The van der Waals surface area contributed by atoms with Gasteiger partial charge in [-0.1, -0.05) is 12.1 Å². The summed E-state index contributed by atoms with van der Waals surface area (Å²) in [5.41, 5.74) is 1.11. The van der Waals surface area contributed by atoms with E-state index in [0.29, 0.717) is 13.1 Å². The Balaban J connectivity index is 1.73. The number of ether oxygens (including phenoxy) is 1. The van der Waals surface area contributed by atoms with Crippen molar-refractivity contribution in [2.45, 2.75) is 6.54 Å². The molecule has 1 aliphatic rings. The predicted octanol–water partition coefficient (Wildman–Crippen LogP) is 0.214. The zero-order valence-corrected chi connectivity index (χ0v) is 14.5. The van der Waals surface area contributed by atoms with Crippen LogP contribution in [-0.4, -0.2) is 57.2 Å². The second-order valence-electron chi connectivity index (χ2n) is 5.75. The van der Waals surface area contributed by atoms with Gasteiger partial charge in [0.15, 0.2) is 0 Å². The van der Waals surface area contributed by atoms with Gasteiger partial charge in [0, 0.05) is 52.0 Å². The average molecular weight is 343 g/mol. The third-order valence-electron chi connectivity index (χ3n) is 4.00. The molecule has 25 heavy (non-hydrogen) atoms. The zero-order valence-electron chi connectivity index (χ0n) is 14.5. The first-order valence-electron chi connectivity index (χ1n) is 8.41. The molecule has 1 aromatic rings. The van der Waals surface area contributed by atoms with Crippen LogP contribution in [-0.2, 0) is 11.3 Å². The smallest absolute Gasteiger partial charge is 0.263 e. The number of benzene rings is 1. The monoisotopic (exact) mass is 343 g/mol. The maximum Gasteiger partial charge on any atom is 0.263 e. The van der Waals surface area contributed by atoms with E-state index in [9.17, 15) is 4.79 Å². The summed E-state index contributed by atoms with van der Waals surface area (Å²) in [6.07, 6.45) is 1.46. The summed E-state index contributed by atoms with van der Waals surface area (Å²) in [6, 6.07) is 9.54. The summed E-state index contributed by atoms with van der Waals surface area (Å²) >= 11 is 0. The van der Waals surface area contributed by atoms with Crippen LogP contribution in [0, 0.1) is 11.3 Å². The molecular formula is C18H25N5O2. The van der Waals surface area contributed by atoms with Crippen molar-refractivity contribution in [3.8, 4) is 11.8 Å². The molecule has 2 rings (SSSR count). The van der Waals surface area contributed by atoms with Crippen molar-refractivity contribution < 1.29 is 9.53 Å². The number of methoxy groups -OCH3 is 1. The van der Waals surface area contributed by atoms with Gasteiger partial charge in [-0.25, -0.2) is 0 Å². The van der Waals surface area contributed by atoms with E-state index in [-0.39, 0.29) is 11.5 Å².